The van der Waals surface area contributed by atoms with Crippen molar-refractivity contribution in [3.8, 4) is 11.8 Å². The number of benzene rings is 1. The van der Waals surface area contributed by atoms with E-state index in [0.29, 0.717) is 18.1 Å². The van der Waals surface area contributed by atoms with Crippen LogP contribution in [-0.4, -0.2) is 44.4 Å². The number of nitrogens with zero attached hydrogens (tertiary/aromatic N) is 5. The highest BCUT2D eigenvalue weighted by Gasteiger charge is 2.22. The molecule has 2 aromatic rings. The van der Waals surface area contributed by atoms with E-state index in [1.807, 2.05) is 54.8 Å². The smallest absolute Gasteiger partial charge is 0.235 e. The molecule has 0 fully saturated rings. The minimum Gasteiger partial charge on any atom is -0.344 e. The lowest BCUT2D eigenvalue weighted by molar-refractivity contribution is -0.128. The van der Waals surface area contributed by atoms with E-state index in [2.05, 4.69) is 10.2 Å². The molecule has 0 saturated carbocycles. The summed E-state index contributed by atoms with van der Waals surface area (Å²) in [7, 11) is 1.71. The summed E-state index contributed by atoms with van der Waals surface area (Å²) in [5.74, 6) is 0.752. The summed E-state index contributed by atoms with van der Waals surface area (Å²) in [4.78, 5) is 13.9. The molecule has 1 atom stereocenters. The number of aromatic nitrogens is 3. The maximum absolute atomic E-state index is 12.3. The molecule has 0 radical (unpaired) electrons. The summed E-state index contributed by atoms with van der Waals surface area (Å²) in [6.45, 7) is 4.16. The van der Waals surface area contributed by atoms with E-state index in [-0.39, 0.29) is 11.2 Å². The fourth-order valence-electron chi connectivity index (χ4n) is 2.14. The Morgan fingerprint density at radius 1 is 1.39 bits per heavy atom. The van der Waals surface area contributed by atoms with Crippen molar-refractivity contribution in [3.63, 3.8) is 0 Å². The molecule has 1 amide bonds. The Labute approximate surface area is 140 Å². The molecule has 0 aliphatic heterocycles. The zero-order valence-corrected chi connectivity index (χ0v) is 14.2. The number of carbonyl (C=O) groups is 1. The first-order valence-corrected chi connectivity index (χ1v) is 8.18. The maximum Gasteiger partial charge on any atom is 0.235 e. The summed E-state index contributed by atoms with van der Waals surface area (Å²) < 4.78 is 1.93. The van der Waals surface area contributed by atoms with Gasteiger partial charge in [-0.3, -0.25) is 9.36 Å². The van der Waals surface area contributed by atoms with Crippen molar-refractivity contribution in [3.05, 3.63) is 36.2 Å². The van der Waals surface area contributed by atoms with E-state index in [9.17, 15) is 4.79 Å². The normalized spacial score (nSPS) is 11.7. The molecule has 2 rings (SSSR count). The van der Waals surface area contributed by atoms with Crippen molar-refractivity contribution in [1.29, 1.82) is 5.26 Å². The molecule has 0 N–H and O–H groups in total. The average molecular weight is 329 g/mol. The number of nitriles is 1. The van der Waals surface area contributed by atoms with Crippen molar-refractivity contribution in [2.45, 2.75) is 30.7 Å². The summed E-state index contributed by atoms with van der Waals surface area (Å²) in [6.07, 6.45) is 0.332. The third kappa shape index (κ3) is 4.11. The molecule has 1 heterocycles. The second-order valence-corrected chi connectivity index (χ2v) is 6.44. The Kier molecular flexibility index (Phi) is 5.77. The van der Waals surface area contributed by atoms with Gasteiger partial charge in [0.05, 0.1) is 17.7 Å². The molecule has 120 valence electrons. The average Bonchev–Trinajstić information content (AvgIpc) is 2.93. The topological polar surface area (TPSA) is 74.8 Å². The lowest BCUT2D eigenvalue weighted by Crippen LogP contribution is -2.34. The summed E-state index contributed by atoms with van der Waals surface area (Å²) in [5, 5.41) is 17.3. The molecule has 0 aliphatic carbocycles. The number of aryl methyl sites for hydroxylation is 1. The molecule has 0 saturated heterocycles. The van der Waals surface area contributed by atoms with Gasteiger partial charge >= 0.3 is 0 Å². The van der Waals surface area contributed by atoms with E-state index in [1.165, 1.54) is 11.8 Å². The molecule has 0 bridgehead atoms. The van der Waals surface area contributed by atoms with Crippen LogP contribution in [0.5, 0.6) is 0 Å². The van der Waals surface area contributed by atoms with Gasteiger partial charge in [0.1, 0.15) is 5.82 Å². The first-order valence-electron chi connectivity index (χ1n) is 7.30. The van der Waals surface area contributed by atoms with Crippen LogP contribution in [0.1, 0.15) is 19.2 Å². The van der Waals surface area contributed by atoms with Gasteiger partial charge < -0.3 is 4.90 Å². The molecular formula is C16H19N5OS. The van der Waals surface area contributed by atoms with Crippen LogP contribution in [0.15, 0.2) is 35.5 Å². The Morgan fingerprint density at radius 2 is 2.09 bits per heavy atom. The Bertz CT molecular complexity index is 707. The van der Waals surface area contributed by atoms with Crippen LogP contribution in [0.2, 0.25) is 0 Å². The third-order valence-electron chi connectivity index (χ3n) is 3.37. The fourth-order valence-corrected chi connectivity index (χ4v) is 3.17. The summed E-state index contributed by atoms with van der Waals surface area (Å²) in [6, 6.07) is 11.9. The number of hydrogen-bond donors (Lipinski definition) is 0. The minimum atomic E-state index is -0.301. The largest absolute Gasteiger partial charge is 0.344 e. The van der Waals surface area contributed by atoms with Gasteiger partial charge in [0.2, 0.25) is 5.91 Å². The second kappa shape index (κ2) is 7.79. The fraction of sp³-hybridized carbons (Fsp3) is 0.375. The standard InChI is InChI=1S/C16H19N5OS/c1-12(15(22)20(3)11-7-10-17)23-16-19-18-13(2)21(16)14-8-5-4-6-9-14/h4-6,8-9,12H,7,11H2,1-3H3/t12-/m1/s1. The van der Waals surface area contributed by atoms with Gasteiger partial charge in [-0.25, -0.2) is 0 Å². The number of rotatable bonds is 6. The van der Waals surface area contributed by atoms with Gasteiger partial charge in [-0.05, 0) is 26.0 Å². The van der Waals surface area contributed by atoms with E-state index in [0.717, 1.165) is 11.5 Å². The van der Waals surface area contributed by atoms with Crippen molar-refractivity contribution in [2.24, 2.45) is 0 Å². The van der Waals surface area contributed by atoms with Crippen LogP contribution in [0.4, 0.5) is 0 Å². The van der Waals surface area contributed by atoms with Crippen LogP contribution in [0, 0.1) is 18.3 Å². The van der Waals surface area contributed by atoms with Gasteiger partial charge in [-0.15, -0.1) is 10.2 Å². The number of amides is 1. The molecule has 6 nitrogen and oxygen atoms in total. The number of para-hydroxylation sites is 1. The van der Waals surface area contributed by atoms with Gasteiger partial charge in [-0.2, -0.15) is 5.26 Å². The van der Waals surface area contributed by atoms with Crippen molar-refractivity contribution < 1.29 is 4.79 Å². The Morgan fingerprint density at radius 3 is 2.74 bits per heavy atom. The number of hydrogen-bond acceptors (Lipinski definition) is 5. The summed E-state index contributed by atoms with van der Waals surface area (Å²) in [5.41, 5.74) is 0.968. The van der Waals surface area contributed by atoms with Gasteiger partial charge in [0, 0.05) is 19.3 Å². The first kappa shape index (κ1) is 17.0. The predicted octanol–water partition coefficient (Wildman–Crippen LogP) is 2.43. The maximum atomic E-state index is 12.3. The molecule has 23 heavy (non-hydrogen) atoms. The van der Waals surface area contributed by atoms with Crippen LogP contribution in [0.25, 0.3) is 5.69 Å². The molecule has 0 unspecified atom stereocenters. The number of thioether (sulfide) groups is 1. The van der Waals surface area contributed by atoms with Crippen LogP contribution < -0.4 is 0 Å². The van der Waals surface area contributed by atoms with Crippen molar-refractivity contribution in [2.75, 3.05) is 13.6 Å². The Balaban J connectivity index is 2.15. The number of carbonyl (C=O) groups excluding carboxylic acids is 1. The van der Waals surface area contributed by atoms with E-state index < -0.39 is 0 Å². The van der Waals surface area contributed by atoms with Gasteiger partial charge in [0.25, 0.3) is 0 Å². The summed E-state index contributed by atoms with van der Waals surface area (Å²) >= 11 is 1.37. The second-order valence-electron chi connectivity index (χ2n) is 5.13. The highest BCUT2D eigenvalue weighted by molar-refractivity contribution is 8.00. The zero-order chi connectivity index (χ0) is 16.8. The molecule has 1 aromatic heterocycles. The highest BCUT2D eigenvalue weighted by Crippen LogP contribution is 2.26. The monoisotopic (exact) mass is 329 g/mol. The molecule has 0 spiro atoms. The Hall–Kier alpha value is -2.33. The third-order valence-corrected chi connectivity index (χ3v) is 4.40. The lowest BCUT2D eigenvalue weighted by atomic mass is 10.3. The van der Waals surface area contributed by atoms with Gasteiger partial charge in [-0.1, -0.05) is 30.0 Å². The minimum absolute atomic E-state index is 0.0227. The lowest BCUT2D eigenvalue weighted by Gasteiger charge is -2.20. The van der Waals surface area contributed by atoms with Crippen molar-refractivity contribution in [1.82, 2.24) is 19.7 Å². The van der Waals surface area contributed by atoms with E-state index >= 15 is 0 Å². The quantitative estimate of drug-likeness (QED) is 0.761. The van der Waals surface area contributed by atoms with Gasteiger partial charge in [0.15, 0.2) is 5.16 Å². The molecule has 7 heteroatoms. The zero-order valence-electron chi connectivity index (χ0n) is 13.4. The van der Waals surface area contributed by atoms with E-state index in [1.54, 1.807) is 11.9 Å². The van der Waals surface area contributed by atoms with E-state index in [4.69, 9.17) is 5.26 Å². The van der Waals surface area contributed by atoms with Crippen molar-refractivity contribution >= 4 is 17.7 Å². The SMILES string of the molecule is Cc1nnc(S[C@H](C)C(=O)N(C)CCC#N)n1-c1ccccc1. The molecule has 1 aromatic carbocycles. The highest BCUT2D eigenvalue weighted by atomic mass is 32.2. The van der Waals surface area contributed by atoms with Crippen LogP contribution >= 0.6 is 11.8 Å². The molecule has 0 aliphatic rings. The first-order chi connectivity index (χ1) is 11.0. The van der Waals surface area contributed by atoms with Crippen LogP contribution in [0.3, 0.4) is 0 Å². The predicted molar refractivity (Wildman–Crippen MR) is 89.3 cm³/mol. The molecular weight excluding hydrogens is 310 g/mol. The van der Waals surface area contributed by atoms with Crippen LogP contribution in [-0.2, 0) is 4.79 Å².